The molecule has 3 aromatic rings. The predicted molar refractivity (Wildman–Crippen MR) is 108 cm³/mol. The zero-order valence-electron chi connectivity index (χ0n) is 16.0. The van der Waals surface area contributed by atoms with Crippen LogP contribution in [0.3, 0.4) is 0 Å². The maximum absolute atomic E-state index is 4.34. The number of rotatable bonds is 8. The van der Waals surface area contributed by atoms with Crippen molar-refractivity contribution in [1.82, 2.24) is 34.9 Å². The fourth-order valence-corrected chi connectivity index (χ4v) is 3.39. The number of hydrogen-bond acceptors (Lipinski definition) is 7. The van der Waals surface area contributed by atoms with Gasteiger partial charge in [0.2, 0.25) is 5.95 Å². The molecule has 0 aliphatic carbocycles. The first-order chi connectivity index (χ1) is 13.9. The van der Waals surface area contributed by atoms with E-state index in [1.54, 1.807) is 17.3 Å². The second kappa shape index (κ2) is 9.38. The van der Waals surface area contributed by atoms with E-state index in [1.807, 2.05) is 18.5 Å². The van der Waals surface area contributed by atoms with Crippen LogP contribution in [0.2, 0.25) is 0 Å². The quantitative estimate of drug-likeness (QED) is 0.593. The van der Waals surface area contributed by atoms with Crippen molar-refractivity contribution < 1.29 is 0 Å². The van der Waals surface area contributed by atoms with Gasteiger partial charge in [-0.2, -0.15) is 5.10 Å². The van der Waals surface area contributed by atoms with Gasteiger partial charge >= 0.3 is 0 Å². The summed E-state index contributed by atoms with van der Waals surface area (Å²) in [6.07, 6.45) is 8.02. The number of benzene rings is 1. The molecule has 2 aromatic heterocycles. The lowest BCUT2D eigenvalue weighted by molar-refractivity contribution is 0.253. The minimum atomic E-state index is 0.846. The number of piperazine rings is 1. The smallest absolute Gasteiger partial charge is 0.225 e. The fraction of sp³-hybridized carbons (Fsp3) is 0.400. The highest BCUT2D eigenvalue weighted by Gasteiger charge is 2.17. The maximum atomic E-state index is 4.34. The number of nitrogens with zero attached hydrogens (tertiary/aromatic N) is 7. The highest BCUT2D eigenvalue weighted by atomic mass is 15.3. The highest BCUT2D eigenvalue weighted by Crippen LogP contribution is 2.10. The summed E-state index contributed by atoms with van der Waals surface area (Å²) in [6, 6.07) is 10.3. The number of nitrogens with one attached hydrogen (secondary N) is 1. The molecular formula is C20H26N8. The molecule has 1 aromatic carbocycles. The van der Waals surface area contributed by atoms with Crippen molar-refractivity contribution in [2.45, 2.75) is 13.0 Å². The van der Waals surface area contributed by atoms with Gasteiger partial charge in [-0.15, -0.1) is 0 Å². The lowest BCUT2D eigenvalue weighted by Gasteiger charge is -2.34. The van der Waals surface area contributed by atoms with Crippen LogP contribution in [0.25, 0.3) is 5.69 Å². The van der Waals surface area contributed by atoms with Crippen molar-refractivity contribution >= 4 is 5.95 Å². The lowest BCUT2D eigenvalue weighted by Crippen LogP contribution is -2.47. The minimum Gasteiger partial charge on any atom is -0.338 e. The standard InChI is InChI=1S/C20H26N8/c1-8-23-20(24-9-1)27-13-11-26(12-14-27)10-2-7-21-15-18-3-5-19(6-4-18)28-17-22-16-25-28/h1,3-6,8-9,16-17,21H,2,7,10-15H2. The van der Waals surface area contributed by atoms with Gasteiger partial charge < -0.3 is 10.2 Å². The van der Waals surface area contributed by atoms with Gasteiger partial charge in [0.25, 0.3) is 0 Å². The summed E-state index contributed by atoms with van der Waals surface area (Å²) >= 11 is 0. The Morgan fingerprint density at radius 2 is 1.75 bits per heavy atom. The minimum absolute atomic E-state index is 0.846. The lowest BCUT2D eigenvalue weighted by atomic mass is 10.2. The van der Waals surface area contributed by atoms with Crippen LogP contribution in [0.15, 0.2) is 55.4 Å². The van der Waals surface area contributed by atoms with E-state index in [-0.39, 0.29) is 0 Å². The molecule has 146 valence electrons. The predicted octanol–water partition coefficient (Wildman–Crippen LogP) is 1.36. The monoisotopic (exact) mass is 378 g/mol. The third-order valence-electron chi connectivity index (χ3n) is 4.98. The molecule has 0 bridgehead atoms. The van der Waals surface area contributed by atoms with E-state index in [2.05, 4.69) is 59.4 Å². The molecule has 0 radical (unpaired) electrons. The molecule has 0 unspecified atom stereocenters. The van der Waals surface area contributed by atoms with E-state index in [9.17, 15) is 0 Å². The van der Waals surface area contributed by atoms with Gasteiger partial charge in [0.05, 0.1) is 5.69 Å². The summed E-state index contributed by atoms with van der Waals surface area (Å²) < 4.78 is 1.76. The Balaban J connectivity index is 1.11. The third-order valence-corrected chi connectivity index (χ3v) is 4.98. The normalized spacial score (nSPS) is 15.1. The van der Waals surface area contributed by atoms with Gasteiger partial charge in [-0.25, -0.2) is 19.6 Å². The van der Waals surface area contributed by atoms with Crippen LogP contribution in [0.4, 0.5) is 5.95 Å². The molecule has 1 aliphatic heterocycles. The third kappa shape index (κ3) is 4.90. The second-order valence-corrected chi connectivity index (χ2v) is 6.91. The van der Waals surface area contributed by atoms with Crippen LogP contribution in [0, 0.1) is 0 Å². The Bertz CT molecular complexity index is 811. The van der Waals surface area contributed by atoms with Gasteiger partial charge in [-0.3, -0.25) is 4.90 Å². The topological polar surface area (TPSA) is 75.0 Å². The van der Waals surface area contributed by atoms with Gasteiger partial charge in [0.15, 0.2) is 0 Å². The summed E-state index contributed by atoms with van der Waals surface area (Å²) in [5, 5.41) is 7.68. The van der Waals surface area contributed by atoms with Crippen LogP contribution >= 0.6 is 0 Å². The van der Waals surface area contributed by atoms with E-state index in [1.165, 1.54) is 5.56 Å². The SMILES string of the molecule is c1cnc(N2CCN(CCCNCc3ccc(-n4cncn4)cc3)CC2)nc1. The van der Waals surface area contributed by atoms with E-state index in [0.29, 0.717) is 0 Å². The largest absolute Gasteiger partial charge is 0.338 e. The van der Waals surface area contributed by atoms with Gasteiger partial charge in [0, 0.05) is 45.1 Å². The maximum Gasteiger partial charge on any atom is 0.225 e. The summed E-state index contributed by atoms with van der Waals surface area (Å²) in [5.41, 5.74) is 2.31. The molecule has 4 rings (SSSR count). The van der Waals surface area contributed by atoms with Crippen LogP contribution in [0.1, 0.15) is 12.0 Å². The van der Waals surface area contributed by atoms with Crippen molar-refractivity contribution in [3.05, 3.63) is 60.9 Å². The van der Waals surface area contributed by atoms with Crippen LogP contribution < -0.4 is 10.2 Å². The zero-order chi connectivity index (χ0) is 19.0. The van der Waals surface area contributed by atoms with E-state index in [0.717, 1.165) is 63.9 Å². The number of hydrogen-bond donors (Lipinski definition) is 1. The Morgan fingerprint density at radius 3 is 2.46 bits per heavy atom. The molecule has 0 atom stereocenters. The average molecular weight is 378 g/mol. The van der Waals surface area contributed by atoms with E-state index >= 15 is 0 Å². The molecule has 8 heteroatoms. The molecule has 28 heavy (non-hydrogen) atoms. The van der Waals surface area contributed by atoms with Crippen molar-refractivity contribution in [1.29, 1.82) is 0 Å². The van der Waals surface area contributed by atoms with Crippen LogP contribution in [-0.4, -0.2) is 68.9 Å². The second-order valence-electron chi connectivity index (χ2n) is 6.91. The summed E-state index contributed by atoms with van der Waals surface area (Å²) in [4.78, 5) is 17.4. The molecule has 3 heterocycles. The molecule has 1 N–H and O–H groups in total. The fourth-order valence-electron chi connectivity index (χ4n) is 3.39. The van der Waals surface area contributed by atoms with Crippen LogP contribution in [-0.2, 0) is 6.54 Å². The van der Waals surface area contributed by atoms with Crippen LogP contribution in [0.5, 0.6) is 0 Å². The van der Waals surface area contributed by atoms with Crippen molar-refractivity contribution in [3.8, 4) is 5.69 Å². The van der Waals surface area contributed by atoms with E-state index < -0.39 is 0 Å². The summed E-state index contributed by atoms with van der Waals surface area (Å²) in [7, 11) is 0. The first kappa shape index (κ1) is 18.5. The molecular weight excluding hydrogens is 352 g/mol. The molecule has 1 fully saturated rings. The van der Waals surface area contributed by atoms with Crippen molar-refractivity contribution in [3.63, 3.8) is 0 Å². The molecule has 8 nitrogen and oxygen atoms in total. The van der Waals surface area contributed by atoms with Gasteiger partial charge in [-0.05, 0) is 43.3 Å². The Labute approximate surface area is 165 Å². The molecule has 1 aliphatic rings. The number of aromatic nitrogens is 5. The Hall–Kier alpha value is -2.84. The molecule has 1 saturated heterocycles. The molecule has 0 spiro atoms. The average Bonchev–Trinajstić information content (AvgIpc) is 3.30. The summed E-state index contributed by atoms with van der Waals surface area (Å²) in [5.74, 6) is 0.846. The number of anilines is 1. The van der Waals surface area contributed by atoms with Gasteiger partial charge in [-0.1, -0.05) is 12.1 Å². The van der Waals surface area contributed by atoms with Gasteiger partial charge in [0.1, 0.15) is 12.7 Å². The van der Waals surface area contributed by atoms with Crippen molar-refractivity contribution in [2.24, 2.45) is 0 Å². The molecule has 0 amide bonds. The summed E-state index contributed by atoms with van der Waals surface area (Å²) in [6.45, 7) is 7.17. The zero-order valence-corrected chi connectivity index (χ0v) is 16.0. The van der Waals surface area contributed by atoms with Crippen molar-refractivity contribution in [2.75, 3.05) is 44.2 Å². The first-order valence-corrected chi connectivity index (χ1v) is 9.77. The first-order valence-electron chi connectivity index (χ1n) is 9.77. The highest BCUT2D eigenvalue weighted by molar-refractivity contribution is 5.33. The Morgan fingerprint density at radius 1 is 0.964 bits per heavy atom. The van der Waals surface area contributed by atoms with E-state index in [4.69, 9.17) is 0 Å². The Kier molecular flexibility index (Phi) is 6.21. The molecule has 0 saturated carbocycles.